The smallest absolute Gasteiger partial charge is 0.354 e. The van der Waals surface area contributed by atoms with Crippen molar-refractivity contribution in [1.29, 1.82) is 0 Å². The van der Waals surface area contributed by atoms with E-state index >= 15 is 0 Å². The second-order valence-corrected chi connectivity index (χ2v) is 5.69. The molecule has 2 aromatic heterocycles. The maximum Gasteiger partial charge on any atom is 0.354 e. The Morgan fingerprint density at radius 1 is 1.20 bits per heavy atom. The summed E-state index contributed by atoms with van der Waals surface area (Å²) in [4.78, 5) is 26.6. The summed E-state index contributed by atoms with van der Waals surface area (Å²) in [7, 11) is 1.32. The van der Waals surface area contributed by atoms with Gasteiger partial charge in [-0.1, -0.05) is 18.2 Å². The summed E-state index contributed by atoms with van der Waals surface area (Å²) in [5, 5.41) is 0. The van der Waals surface area contributed by atoms with Crippen LogP contribution in [0.15, 0.2) is 46.9 Å². The van der Waals surface area contributed by atoms with Gasteiger partial charge in [-0.15, -0.1) is 0 Å². The number of nitrogens with zero attached hydrogens (tertiary/aromatic N) is 2. The number of hydrogen-bond acceptors (Lipinski definition) is 4. The quantitative estimate of drug-likeness (QED) is 0.668. The highest BCUT2D eigenvalue weighted by atomic mass is 16.5. The first-order chi connectivity index (χ1) is 12.0. The molecule has 3 rings (SSSR count). The van der Waals surface area contributed by atoms with Crippen LogP contribution in [0.4, 0.5) is 5.69 Å². The van der Waals surface area contributed by atoms with Crippen molar-refractivity contribution in [3.63, 3.8) is 0 Å². The van der Waals surface area contributed by atoms with Crippen LogP contribution in [0.5, 0.6) is 0 Å². The summed E-state index contributed by atoms with van der Waals surface area (Å²) in [6.07, 6.45) is 0. The number of carbonyl (C=O) groups excluding carboxylic acids is 2. The SMILES string of the molecule is CCN(C(=O)Cn1c(C(=O)OC)cc2oc(C)cc21)c1ccccc1. The fourth-order valence-corrected chi connectivity index (χ4v) is 2.94. The number of methoxy groups -OCH3 is 1. The number of furan rings is 1. The van der Waals surface area contributed by atoms with E-state index in [2.05, 4.69) is 0 Å². The molecule has 0 saturated heterocycles. The molecular formula is C19H20N2O4. The van der Waals surface area contributed by atoms with Gasteiger partial charge < -0.3 is 18.6 Å². The molecule has 0 aliphatic carbocycles. The number of aromatic nitrogens is 1. The first-order valence-electron chi connectivity index (χ1n) is 8.08. The predicted molar refractivity (Wildman–Crippen MR) is 94.7 cm³/mol. The highest BCUT2D eigenvalue weighted by molar-refractivity contribution is 5.98. The van der Waals surface area contributed by atoms with E-state index < -0.39 is 5.97 Å². The standard InChI is InChI=1S/C19H20N2O4/c1-4-20(14-8-6-5-7-9-14)18(22)12-21-15-10-13(2)25-17(15)11-16(21)19(23)24-3/h5-11H,4,12H2,1-3H3. The zero-order chi connectivity index (χ0) is 18.0. The number of hydrogen-bond donors (Lipinski definition) is 0. The Hall–Kier alpha value is -3.02. The summed E-state index contributed by atoms with van der Waals surface area (Å²) in [6.45, 7) is 4.30. The minimum absolute atomic E-state index is 0.0235. The molecule has 0 aliphatic rings. The normalized spacial score (nSPS) is 10.8. The van der Waals surface area contributed by atoms with Crippen LogP contribution in [0.25, 0.3) is 11.1 Å². The largest absolute Gasteiger partial charge is 0.464 e. The number of aryl methyl sites for hydroxylation is 1. The zero-order valence-corrected chi connectivity index (χ0v) is 14.5. The van der Waals surface area contributed by atoms with Crippen molar-refractivity contribution in [2.24, 2.45) is 0 Å². The highest BCUT2D eigenvalue weighted by Gasteiger charge is 2.23. The number of ether oxygens (including phenoxy) is 1. The molecule has 2 heterocycles. The Morgan fingerprint density at radius 2 is 1.92 bits per heavy atom. The first-order valence-corrected chi connectivity index (χ1v) is 8.08. The Labute approximate surface area is 145 Å². The molecule has 0 atom stereocenters. The van der Waals surface area contributed by atoms with E-state index in [0.29, 0.717) is 23.3 Å². The highest BCUT2D eigenvalue weighted by Crippen LogP contribution is 2.25. The molecule has 0 aliphatic heterocycles. The fourth-order valence-electron chi connectivity index (χ4n) is 2.94. The molecule has 0 spiro atoms. The van der Waals surface area contributed by atoms with Crippen molar-refractivity contribution in [2.45, 2.75) is 20.4 Å². The predicted octanol–water partition coefficient (Wildman–Crippen LogP) is 3.38. The molecule has 0 bridgehead atoms. The molecule has 6 nitrogen and oxygen atoms in total. The van der Waals surface area contributed by atoms with Crippen LogP contribution in [0.3, 0.4) is 0 Å². The number of esters is 1. The molecule has 1 aromatic carbocycles. The van der Waals surface area contributed by atoms with Gasteiger partial charge >= 0.3 is 5.97 Å². The Balaban J connectivity index is 1.98. The van der Waals surface area contributed by atoms with Crippen LogP contribution >= 0.6 is 0 Å². The van der Waals surface area contributed by atoms with Crippen molar-refractivity contribution in [2.75, 3.05) is 18.6 Å². The molecule has 3 aromatic rings. The van der Waals surface area contributed by atoms with Crippen LogP contribution in [-0.2, 0) is 16.1 Å². The van der Waals surface area contributed by atoms with Crippen LogP contribution < -0.4 is 4.90 Å². The number of benzene rings is 1. The number of rotatable bonds is 5. The summed E-state index contributed by atoms with van der Waals surface area (Å²) >= 11 is 0. The van der Waals surface area contributed by atoms with E-state index in [1.807, 2.05) is 50.2 Å². The van der Waals surface area contributed by atoms with Crippen molar-refractivity contribution in [3.8, 4) is 0 Å². The number of amides is 1. The third-order valence-corrected chi connectivity index (χ3v) is 4.09. The topological polar surface area (TPSA) is 64.7 Å². The zero-order valence-electron chi connectivity index (χ0n) is 14.5. The van der Waals surface area contributed by atoms with Gasteiger partial charge in [0.25, 0.3) is 0 Å². The Morgan fingerprint density at radius 3 is 2.56 bits per heavy atom. The molecule has 25 heavy (non-hydrogen) atoms. The Bertz CT molecular complexity index is 908. The lowest BCUT2D eigenvalue weighted by Crippen LogP contribution is -2.34. The molecule has 0 saturated carbocycles. The summed E-state index contributed by atoms with van der Waals surface area (Å²) in [5.41, 5.74) is 2.39. The third-order valence-electron chi connectivity index (χ3n) is 4.09. The van der Waals surface area contributed by atoms with Gasteiger partial charge in [0.15, 0.2) is 5.58 Å². The van der Waals surface area contributed by atoms with E-state index in [-0.39, 0.29) is 12.5 Å². The average molecular weight is 340 g/mol. The number of para-hydroxylation sites is 1. The van der Waals surface area contributed by atoms with Gasteiger partial charge in [-0.25, -0.2) is 4.79 Å². The minimum atomic E-state index is -0.500. The molecule has 130 valence electrons. The van der Waals surface area contributed by atoms with E-state index in [1.165, 1.54) is 7.11 Å². The molecule has 0 unspecified atom stereocenters. The maximum atomic E-state index is 12.9. The number of likely N-dealkylation sites (N-methyl/N-ethyl adjacent to an activating group) is 1. The van der Waals surface area contributed by atoms with Gasteiger partial charge in [0.2, 0.25) is 5.91 Å². The summed E-state index contributed by atoms with van der Waals surface area (Å²) in [5.74, 6) is 0.104. The second kappa shape index (κ2) is 6.84. The molecule has 0 radical (unpaired) electrons. The fraction of sp³-hybridized carbons (Fsp3) is 0.263. The van der Waals surface area contributed by atoms with Crippen molar-refractivity contribution in [3.05, 3.63) is 53.9 Å². The molecule has 1 amide bonds. The number of anilines is 1. The van der Waals surface area contributed by atoms with E-state index in [9.17, 15) is 9.59 Å². The van der Waals surface area contributed by atoms with Gasteiger partial charge in [0.1, 0.15) is 18.0 Å². The average Bonchev–Trinajstić information content (AvgIpc) is 3.13. The van der Waals surface area contributed by atoms with Crippen LogP contribution in [0.1, 0.15) is 23.2 Å². The lowest BCUT2D eigenvalue weighted by molar-refractivity contribution is -0.119. The lowest BCUT2D eigenvalue weighted by Gasteiger charge is -2.22. The van der Waals surface area contributed by atoms with Gasteiger partial charge in [-0.05, 0) is 26.0 Å². The number of fused-ring (bicyclic) bond motifs is 1. The van der Waals surface area contributed by atoms with E-state index in [4.69, 9.17) is 9.15 Å². The maximum absolute atomic E-state index is 12.9. The molecular weight excluding hydrogens is 320 g/mol. The van der Waals surface area contributed by atoms with Gasteiger partial charge in [-0.3, -0.25) is 4.79 Å². The van der Waals surface area contributed by atoms with Crippen LogP contribution in [-0.4, -0.2) is 30.1 Å². The van der Waals surface area contributed by atoms with E-state index in [1.54, 1.807) is 15.5 Å². The first kappa shape index (κ1) is 16.8. The van der Waals surface area contributed by atoms with Crippen molar-refractivity contribution >= 4 is 28.7 Å². The summed E-state index contributed by atoms with van der Waals surface area (Å²) < 4.78 is 12.1. The van der Waals surface area contributed by atoms with Gasteiger partial charge in [0, 0.05) is 24.4 Å². The lowest BCUT2D eigenvalue weighted by atomic mass is 10.3. The molecule has 6 heteroatoms. The monoisotopic (exact) mass is 340 g/mol. The van der Waals surface area contributed by atoms with Gasteiger partial charge in [0.05, 0.1) is 12.6 Å². The third kappa shape index (κ3) is 3.15. The second-order valence-electron chi connectivity index (χ2n) is 5.69. The van der Waals surface area contributed by atoms with Crippen LogP contribution in [0.2, 0.25) is 0 Å². The molecule has 0 fully saturated rings. The van der Waals surface area contributed by atoms with E-state index in [0.717, 1.165) is 11.4 Å². The number of carbonyl (C=O) groups is 2. The van der Waals surface area contributed by atoms with Crippen LogP contribution in [0, 0.1) is 6.92 Å². The summed E-state index contributed by atoms with van der Waals surface area (Å²) in [6, 6.07) is 12.9. The Kier molecular flexibility index (Phi) is 4.61. The van der Waals surface area contributed by atoms with Gasteiger partial charge in [-0.2, -0.15) is 0 Å². The van der Waals surface area contributed by atoms with Crippen molar-refractivity contribution < 1.29 is 18.7 Å². The van der Waals surface area contributed by atoms with Crippen molar-refractivity contribution in [1.82, 2.24) is 4.57 Å². The molecule has 0 N–H and O–H groups in total. The minimum Gasteiger partial charge on any atom is -0.464 e.